The molecule has 0 saturated heterocycles. The summed E-state index contributed by atoms with van der Waals surface area (Å²) in [5, 5.41) is 10.3. The summed E-state index contributed by atoms with van der Waals surface area (Å²) in [5.41, 5.74) is 2.36. The van der Waals surface area contributed by atoms with Crippen LogP contribution in [0.3, 0.4) is 0 Å². The lowest BCUT2D eigenvalue weighted by atomic mass is 10.1. The Labute approximate surface area is 184 Å². The summed E-state index contributed by atoms with van der Waals surface area (Å²) < 4.78 is 47.3. The molecule has 0 amide bonds. The Bertz CT molecular complexity index is 775. The van der Waals surface area contributed by atoms with Crippen molar-refractivity contribution in [1.29, 1.82) is 0 Å². The molecule has 0 unspecified atom stereocenters. The Morgan fingerprint density at radius 3 is 2.55 bits per heavy atom. The third kappa shape index (κ3) is 7.71. The van der Waals surface area contributed by atoms with Crippen molar-refractivity contribution in [2.45, 2.75) is 46.0 Å². The lowest BCUT2D eigenvalue weighted by Crippen LogP contribution is -2.36. The van der Waals surface area contributed by atoms with Gasteiger partial charge < -0.3 is 19.9 Å². The predicted molar refractivity (Wildman–Crippen MR) is 113 cm³/mol. The highest BCUT2D eigenvalue weighted by Gasteiger charge is 2.29. The minimum Gasteiger partial charge on any atom is -0.468 e. The topological polar surface area (TPSA) is 84.6 Å². The lowest BCUT2D eigenvalue weighted by molar-refractivity contribution is -0.154. The average molecular weight is 527 g/mol. The van der Waals surface area contributed by atoms with E-state index in [1.165, 1.54) is 6.20 Å². The number of rotatable bonds is 8. The molecule has 0 aliphatic heterocycles. The van der Waals surface area contributed by atoms with Crippen LogP contribution in [0.15, 0.2) is 27.8 Å². The van der Waals surface area contributed by atoms with E-state index in [0.29, 0.717) is 18.1 Å². The first-order chi connectivity index (χ1) is 13.4. The van der Waals surface area contributed by atoms with Crippen LogP contribution < -0.4 is 15.4 Å². The van der Waals surface area contributed by atoms with E-state index in [1.807, 2.05) is 13.8 Å². The van der Waals surface area contributed by atoms with E-state index in [-0.39, 0.29) is 36.4 Å². The smallest absolute Gasteiger partial charge is 0.422 e. The van der Waals surface area contributed by atoms with Crippen LogP contribution in [0.5, 0.6) is 5.88 Å². The van der Waals surface area contributed by atoms with Gasteiger partial charge in [0, 0.05) is 43.9 Å². The molecule has 11 heteroatoms. The van der Waals surface area contributed by atoms with Crippen LogP contribution in [0.25, 0.3) is 0 Å². The van der Waals surface area contributed by atoms with E-state index in [9.17, 15) is 13.2 Å². The molecule has 2 N–H and O–H groups in total. The molecule has 0 aliphatic rings. The maximum Gasteiger partial charge on any atom is 0.422 e. The van der Waals surface area contributed by atoms with Crippen LogP contribution in [-0.2, 0) is 25.9 Å². The first kappa shape index (κ1) is 25.0. The van der Waals surface area contributed by atoms with Gasteiger partial charge in [-0.05, 0) is 12.5 Å². The second-order valence-corrected chi connectivity index (χ2v) is 5.89. The monoisotopic (exact) mass is 527 g/mol. The van der Waals surface area contributed by atoms with Crippen molar-refractivity contribution in [3.63, 3.8) is 0 Å². The Morgan fingerprint density at radius 2 is 1.93 bits per heavy atom. The Kier molecular flexibility index (Phi) is 10.2. The van der Waals surface area contributed by atoms with Crippen LogP contribution in [0, 0.1) is 0 Å². The number of alkyl halides is 3. The first-order valence-electron chi connectivity index (χ1n) is 8.92. The van der Waals surface area contributed by atoms with Crippen LogP contribution in [0.1, 0.15) is 36.4 Å². The zero-order valence-corrected chi connectivity index (χ0v) is 18.8. The first-order valence-corrected chi connectivity index (χ1v) is 8.92. The molecule has 0 aromatic carbocycles. The number of aryl methyl sites for hydroxylation is 2. The van der Waals surface area contributed by atoms with Crippen LogP contribution in [0.4, 0.5) is 13.2 Å². The lowest BCUT2D eigenvalue weighted by Gasteiger charge is -2.15. The van der Waals surface area contributed by atoms with Gasteiger partial charge in [0.05, 0.1) is 5.69 Å². The Hall–Kier alpha value is -2.05. The molecule has 0 spiro atoms. The number of nitrogens with one attached hydrogen (secondary N) is 2. The van der Waals surface area contributed by atoms with Crippen molar-refractivity contribution >= 4 is 29.9 Å². The van der Waals surface area contributed by atoms with E-state index in [2.05, 4.69) is 25.8 Å². The molecular weight excluding hydrogens is 502 g/mol. The fourth-order valence-corrected chi connectivity index (χ4v) is 2.55. The molecule has 162 valence electrons. The molecule has 0 fully saturated rings. The minimum absolute atomic E-state index is 0. The number of pyridine rings is 1. The number of hydrogen-bond donors (Lipinski definition) is 2. The number of aromatic nitrogens is 2. The van der Waals surface area contributed by atoms with Gasteiger partial charge in [0.1, 0.15) is 5.76 Å². The second-order valence-electron chi connectivity index (χ2n) is 5.89. The number of guanidine groups is 1. The third-order valence-corrected chi connectivity index (χ3v) is 3.93. The molecule has 2 rings (SSSR count). The van der Waals surface area contributed by atoms with E-state index in [4.69, 9.17) is 9.26 Å². The normalized spacial score (nSPS) is 11.7. The summed E-state index contributed by atoms with van der Waals surface area (Å²) in [6.45, 7) is 3.27. The molecule has 0 saturated carbocycles. The molecule has 7 nitrogen and oxygen atoms in total. The molecule has 29 heavy (non-hydrogen) atoms. The molecule has 2 aromatic heterocycles. The van der Waals surface area contributed by atoms with Gasteiger partial charge >= 0.3 is 6.18 Å². The maximum atomic E-state index is 12.4. The van der Waals surface area contributed by atoms with Crippen LogP contribution >= 0.6 is 24.0 Å². The van der Waals surface area contributed by atoms with Gasteiger partial charge in [-0.1, -0.05) is 25.1 Å². The van der Waals surface area contributed by atoms with Crippen molar-refractivity contribution < 1.29 is 22.4 Å². The van der Waals surface area contributed by atoms with E-state index in [0.717, 1.165) is 29.9 Å². The van der Waals surface area contributed by atoms with Crippen molar-refractivity contribution in [3.8, 4) is 5.88 Å². The Balaban J connectivity index is 0.00000420. The maximum absolute atomic E-state index is 12.4. The number of ether oxygens (including phenoxy) is 1. The van der Waals surface area contributed by atoms with Gasteiger partial charge in [0.25, 0.3) is 0 Å². The molecular formula is C18H25F3IN5O2. The zero-order chi connectivity index (χ0) is 20.6. The van der Waals surface area contributed by atoms with Crippen molar-refractivity contribution in [1.82, 2.24) is 20.8 Å². The van der Waals surface area contributed by atoms with Crippen molar-refractivity contribution in [3.05, 3.63) is 40.9 Å². The Morgan fingerprint density at radius 1 is 1.21 bits per heavy atom. The summed E-state index contributed by atoms with van der Waals surface area (Å²) in [7, 11) is 1.61. The molecule has 2 heterocycles. The second kappa shape index (κ2) is 11.8. The average Bonchev–Trinajstić information content (AvgIpc) is 3.08. The van der Waals surface area contributed by atoms with Gasteiger partial charge in [-0.3, -0.25) is 4.99 Å². The fraction of sp³-hybridized carbons (Fsp3) is 0.500. The highest BCUT2D eigenvalue weighted by Crippen LogP contribution is 2.20. The fourth-order valence-electron chi connectivity index (χ4n) is 2.55. The van der Waals surface area contributed by atoms with Gasteiger partial charge in [-0.2, -0.15) is 13.2 Å². The number of halogens is 4. The van der Waals surface area contributed by atoms with Crippen molar-refractivity contribution in [2.24, 2.45) is 4.99 Å². The SMILES string of the molecule is CCc1noc(CC)c1CNC(=NC)NCc1cccnc1OCC(F)(F)F.I. The summed E-state index contributed by atoms with van der Waals surface area (Å²) in [6.07, 6.45) is -1.56. The summed E-state index contributed by atoms with van der Waals surface area (Å²) in [6, 6.07) is 3.27. The number of nitrogens with zero attached hydrogens (tertiary/aromatic N) is 3. The molecule has 0 bridgehead atoms. The summed E-state index contributed by atoms with van der Waals surface area (Å²) >= 11 is 0. The molecule has 0 radical (unpaired) electrons. The minimum atomic E-state index is -4.42. The van der Waals surface area contributed by atoms with Crippen LogP contribution in [0.2, 0.25) is 0 Å². The zero-order valence-electron chi connectivity index (χ0n) is 16.5. The molecule has 2 aromatic rings. The number of aliphatic imine (C=N–C) groups is 1. The van der Waals surface area contributed by atoms with Gasteiger partial charge in [0.15, 0.2) is 12.6 Å². The summed E-state index contributed by atoms with van der Waals surface area (Å²) in [5.74, 6) is 1.23. The standard InChI is InChI=1S/C18H24F3N5O2.HI/c1-4-14-13(15(5-2)28-26-14)10-25-17(22-3)24-9-12-7-6-8-23-16(12)27-11-18(19,20)21;/h6-8H,4-5,9-11H2,1-3H3,(H2,22,24,25);1H. The van der Waals surface area contributed by atoms with Gasteiger partial charge in [-0.15, -0.1) is 24.0 Å². The molecule has 0 atom stereocenters. The van der Waals surface area contributed by atoms with Crippen molar-refractivity contribution in [2.75, 3.05) is 13.7 Å². The number of hydrogen-bond acceptors (Lipinski definition) is 5. The van der Waals surface area contributed by atoms with Gasteiger partial charge in [-0.25, -0.2) is 4.98 Å². The van der Waals surface area contributed by atoms with Gasteiger partial charge in [0.2, 0.25) is 5.88 Å². The quantitative estimate of drug-likeness (QED) is 0.310. The summed E-state index contributed by atoms with van der Waals surface area (Å²) in [4.78, 5) is 8.00. The largest absolute Gasteiger partial charge is 0.468 e. The highest BCUT2D eigenvalue weighted by molar-refractivity contribution is 14.0. The van der Waals surface area contributed by atoms with E-state index >= 15 is 0 Å². The molecule has 0 aliphatic carbocycles. The third-order valence-electron chi connectivity index (χ3n) is 3.93. The highest BCUT2D eigenvalue weighted by atomic mass is 127. The predicted octanol–water partition coefficient (Wildman–Crippen LogP) is 3.62. The van der Waals surface area contributed by atoms with Crippen LogP contribution in [-0.4, -0.2) is 35.9 Å². The van der Waals surface area contributed by atoms with E-state index < -0.39 is 12.8 Å². The van der Waals surface area contributed by atoms with E-state index in [1.54, 1.807) is 19.2 Å².